The molecule has 5 nitrogen and oxygen atoms in total. The Balaban J connectivity index is 1.55. The number of rotatable bonds is 6. The van der Waals surface area contributed by atoms with E-state index < -0.39 is 5.97 Å². The summed E-state index contributed by atoms with van der Waals surface area (Å²) < 4.78 is 5.81. The van der Waals surface area contributed by atoms with E-state index >= 15 is 0 Å². The lowest BCUT2D eigenvalue weighted by Gasteiger charge is -2.58. The van der Waals surface area contributed by atoms with Crippen LogP contribution in [-0.4, -0.2) is 28.9 Å². The molecular formula is C32H46O5. The van der Waals surface area contributed by atoms with Crippen molar-refractivity contribution in [2.75, 3.05) is 0 Å². The number of fused-ring (bicyclic) bond motifs is 5. The standard InChI is InChI=1S/C32H46O5/c1-18(15-22(34)16-19(2)29(35)36)23-11-13-31(7)24-9-10-27-30(5,6)28(37-21(4)33)12-14-32(27,8)26(24)17-25(31)20(23)3/h9,16,18,23,25-28H,3,10-15,17H2,1-2,4-8H3,(H,35,36)/b19-16+/t18-,23-,25+,26-,27+,28-,31+,32-/m1/s1. The van der Waals surface area contributed by atoms with Gasteiger partial charge in [-0.2, -0.15) is 0 Å². The van der Waals surface area contributed by atoms with Gasteiger partial charge < -0.3 is 9.84 Å². The van der Waals surface area contributed by atoms with Gasteiger partial charge in [-0.1, -0.05) is 58.4 Å². The summed E-state index contributed by atoms with van der Waals surface area (Å²) in [4.78, 5) is 35.5. The molecule has 37 heavy (non-hydrogen) atoms. The first-order chi connectivity index (χ1) is 17.1. The molecule has 4 aliphatic carbocycles. The summed E-state index contributed by atoms with van der Waals surface area (Å²) in [5.41, 5.74) is 3.21. The molecule has 0 radical (unpaired) electrons. The van der Waals surface area contributed by atoms with Gasteiger partial charge in [0.05, 0.1) is 0 Å². The Kier molecular flexibility index (Phi) is 7.18. The molecule has 0 saturated heterocycles. The second-order valence-corrected chi connectivity index (χ2v) is 13.7. The number of carboxylic acid groups (broad SMARTS) is 1. The zero-order valence-corrected chi connectivity index (χ0v) is 23.9. The zero-order valence-electron chi connectivity index (χ0n) is 23.9. The van der Waals surface area contributed by atoms with Crippen LogP contribution >= 0.6 is 0 Å². The lowest BCUT2D eigenvalue weighted by Crippen LogP contribution is -2.55. The van der Waals surface area contributed by atoms with Gasteiger partial charge in [0.2, 0.25) is 0 Å². The predicted octanol–water partition coefficient (Wildman–Crippen LogP) is 6.93. The van der Waals surface area contributed by atoms with Gasteiger partial charge in [0.1, 0.15) is 6.10 Å². The third-order valence-electron chi connectivity index (χ3n) is 11.2. The van der Waals surface area contributed by atoms with Crippen LogP contribution in [0.5, 0.6) is 0 Å². The highest BCUT2D eigenvalue weighted by Crippen LogP contribution is 2.70. The molecule has 204 valence electrons. The molecule has 4 aliphatic rings. The van der Waals surface area contributed by atoms with Crippen molar-refractivity contribution < 1.29 is 24.2 Å². The van der Waals surface area contributed by atoms with Gasteiger partial charge >= 0.3 is 11.9 Å². The molecule has 0 bridgehead atoms. The number of hydrogen-bond acceptors (Lipinski definition) is 4. The Bertz CT molecular complexity index is 1060. The first-order valence-electron chi connectivity index (χ1n) is 14.1. The highest BCUT2D eigenvalue weighted by molar-refractivity contribution is 5.98. The second kappa shape index (κ2) is 9.54. The summed E-state index contributed by atoms with van der Waals surface area (Å²) in [6.07, 6.45) is 10.4. The van der Waals surface area contributed by atoms with Crippen molar-refractivity contribution in [1.82, 2.24) is 0 Å². The molecule has 0 amide bonds. The third-order valence-corrected chi connectivity index (χ3v) is 11.2. The van der Waals surface area contributed by atoms with Crippen molar-refractivity contribution in [3.63, 3.8) is 0 Å². The van der Waals surface area contributed by atoms with E-state index in [4.69, 9.17) is 9.84 Å². The van der Waals surface area contributed by atoms with E-state index in [1.807, 2.05) is 0 Å². The molecule has 0 aromatic carbocycles. The first kappa shape index (κ1) is 27.9. The summed E-state index contributed by atoms with van der Waals surface area (Å²) in [5, 5.41) is 9.12. The smallest absolute Gasteiger partial charge is 0.331 e. The summed E-state index contributed by atoms with van der Waals surface area (Å²) in [6.45, 7) is 19.3. The lowest BCUT2D eigenvalue weighted by molar-refractivity contribution is -0.171. The normalized spacial score (nSPS) is 39.5. The molecule has 1 N–H and O–H groups in total. The van der Waals surface area contributed by atoms with Gasteiger partial charge in [-0.3, -0.25) is 9.59 Å². The molecule has 5 heteroatoms. The van der Waals surface area contributed by atoms with Gasteiger partial charge in [-0.25, -0.2) is 4.79 Å². The monoisotopic (exact) mass is 510 g/mol. The maximum Gasteiger partial charge on any atom is 0.331 e. The molecule has 3 fully saturated rings. The number of ketones is 1. The van der Waals surface area contributed by atoms with Gasteiger partial charge in [0.25, 0.3) is 0 Å². The van der Waals surface area contributed by atoms with Gasteiger partial charge in [0.15, 0.2) is 5.78 Å². The maximum absolute atomic E-state index is 12.6. The summed E-state index contributed by atoms with van der Waals surface area (Å²) in [7, 11) is 0. The van der Waals surface area contributed by atoms with Gasteiger partial charge in [-0.15, -0.1) is 0 Å². The number of aliphatic carboxylic acids is 1. The SMILES string of the molecule is C=C1[C@@H]([C@H](C)CC(=O)/C=C(\C)C(=O)O)CC[C@@]2(C)C3=CC[C@H]4C(C)(C)[C@H](OC(C)=O)CC[C@]4(C)[C@@H]3C[C@@H]12. The van der Waals surface area contributed by atoms with Crippen LogP contribution in [-0.2, 0) is 19.1 Å². The minimum atomic E-state index is -1.04. The van der Waals surface area contributed by atoms with Crippen LogP contribution in [0.15, 0.2) is 35.5 Å². The van der Waals surface area contributed by atoms with Crippen molar-refractivity contribution in [3.05, 3.63) is 35.5 Å². The van der Waals surface area contributed by atoms with Crippen LogP contribution < -0.4 is 0 Å². The molecule has 0 aliphatic heterocycles. The highest BCUT2D eigenvalue weighted by atomic mass is 16.5. The summed E-state index contributed by atoms with van der Waals surface area (Å²) >= 11 is 0. The molecule has 8 atom stereocenters. The van der Waals surface area contributed by atoms with Crippen LogP contribution in [0.4, 0.5) is 0 Å². The van der Waals surface area contributed by atoms with E-state index in [2.05, 4.69) is 47.3 Å². The Morgan fingerprint density at radius 3 is 2.43 bits per heavy atom. The van der Waals surface area contributed by atoms with Crippen LogP contribution in [0, 0.1) is 45.8 Å². The Morgan fingerprint density at radius 1 is 1.14 bits per heavy atom. The summed E-state index contributed by atoms with van der Waals surface area (Å²) in [6, 6.07) is 0. The van der Waals surface area contributed by atoms with E-state index in [0.717, 1.165) is 38.5 Å². The minimum absolute atomic E-state index is 0.0335. The highest BCUT2D eigenvalue weighted by Gasteiger charge is 2.63. The molecule has 0 unspecified atom stereocenters. The fourth-order valence-corrected chi connectivity index (χ4v) is 9.18. The average molecular weight is 511 g/mol. The van der Waals surface area contributed by atoms with E-state index in [9.17, 15) is 14.4 Å². The molecule has 0 aromatic rings. The van der Waals surface area contributed by atoms with Crippen LogP contribution in [0.3, 0.4) is 0 Å². The number of allylic oxidation sites excluding steroid dienone is 4. The van der Waals surface area contributed by atoms with Crippen molar-refractivity contribution in [2.45, 2.75) is 99.5 Å². The number of carbonyl (C=O) groups excluding carboxylic acids is 2. The fraction of sp³-hybridized carbons (Fsp3) is 0.719. The summed E-state index contributed by atoms with van der Waals surface area (Å²) in [5.74, 6) is 0.447. The van der Waals surface area contributed by atoms with E-state index in [0.29, 0.717) is 24.2 Å². The second-order valence-electron chi connectivity index (χ2n) is 13.7. The Hall–Kier alpha value is -2.17. The van der Waals surface area contributed by atoms with E-state index in [1.54, 1.807) is 5.57 Å². The number of hydrogen-bond donors (Lipinski definition) is 1. The van der Waals surface area contributed by atoms with Crippen molar-refractivity contribution >= 4 is 17.7 Å². The quantitative estimate of drug-likeness (QED) is 0.238. The Labute approximate surface area is 222 Å². The largest absolute Gasteiger partial charge is 0.478 e. The Morgan fingerprint density at radius 2 is 1.81 bits per heavy atom. The van der Waals surface area contributed by atoms with Crippen LogP contribution in [0.25, 0.3) is 0 Å². The molecule has 0 heterocycles. The van der Waals surface area contributed by atoms with Crippen LogP contribution in [0.1, 0.15) is 93.4 Å². The topological polar surface area (TPSA) is 80.7 Å². The van der Waals surface area contributed by atoms with Gasteiger partial charge in [0, 0.05) is 24.3 Å². The molecule has 0 aromatic heterocycles. The molecular weight excluding hydrogens is 464 g/mol. The molecule has 0 spiro atoms. The van der Waals surface area contributed by atoms with Crippen molar-refractivity contribution in [2.24, 2.45) is 45.8 Å². The number of carbonyl (C=O) groups is 3. The number of esters is 1. The van der Waals surface area contributed by atoms with Gasteiger partial charge in [-0.05, 0) is 91.9 Å². The molecule has 4 rings (SSSR count). The van der Waals surface area contributed by atoms with E-state index in [-0.39, 0.29) is 51.5 Å². The van der Waals surface area contributed by atoms with Crippen LogP contribution in [0.2, 0.25) is 0 Å². The number of ether oxygens (including phenoxy) is 1. The van der Waals surface area contributed by atoms with Crippen molar-refractivity contribution in [3.8, 4) is 0 Å². The third kappa shape index (κ3) is 4.55. The fourth-order valence-electron chi connectivity index (χ4n) is 9.18. The zero-order chi connectivity index (χ0) is 27.5. The lowest BCUT2D eigenvalue weighted by atomic mass is 9.47. The van der Waals surface area contributed by atoms with E-state index in [1.165, 1.54) is 25.5 Å². The van der Waals surface area contributed by atoms with Crippen molar-refractivity contribution in [1.29, 1.82) is 0 Å². The number of carboxylic acids is 1. The maximum atomic E-state index is 12.6. The average Bonchev–Trinajstić information content (AvgIpc) is 3.10. The predicted molar refractivity (Wildman–Crippen MR) is 145 cm³/mol. The first-order valence-corrected chi connectivity index (χ1v) is 14.1. The molecule has 3 saturated carbocycles. The minimum Gasteiger partial charge on any atom is -0.478 e.